The summed E-state index contributed by atoms with van der Waals surface area (Å²) in [6, 6.07) is 19.7. The minimum Gasteiger partial charge on any atom is -0.497 e. The van der Waals surface area contributed by atoms with Crippen LogP contribution >= 0.6 is 0 Å². The highest BCUT2D eigenvalue weighted by atomic mass is 16.5. The van der Waals surface area contributed by atoms with E-state index in [1.165, 1.54) is 0 Å². The maximum absolute atomic E-state index is 14.7. The molecule has 5 aromatic rings. The van der Waals surface area contributed by atoms with Gasteiger partial charge in [-0.25, -0.2) is 9.97 Å². The largest absolute Gasteiger partial charge is 0.497 e. The van der Waals surface area contributed by atoms with Crippen molar-refractivity contribution < 1.29 is 19.0 Å². The van der Waals surface area contributed by atoms with Gasteiger partial charge in [-0.3, -0.25) is 4.79 Å². The Bertz CT molecular complexity index is 2110. The van der Waals surface area contributed by atoms with Gasteiger partial charge in [-0.15, -0.1) is 0 Å². The molecule has 1 aliphatic carbocycles. The Balaban J connectivity index is 1.23. The second-order valence-corrected chi connectivity index (χ2v) is 14.2. The van der Waals surface area contributed by atoms with Crippen LogP contribution in [0, 0.1) is 11.3 Å². The van der Waals surface area contributed by atoms with Crippen molar-refractivity contribution >= 4 is 51.1 Å². The molecule has 1 aliphatic heterocycles. The van der Waals surface area contributed by atoms with Crippen LogP contribution in [-0.4, -0.2) is 73.3 Å². The summed E-state index contributed by atoms with van der Waals surface area (Å²) in [4.78, 5) is 33.5. The highest BCUT2D eigenvalue weighted by molar-refractivity contribution is 6.09. The Morgan fingerprint density at radius 2 is 1.52 bits per heavy atom. The molecule has 7 rings (SSSR count). The molecule has 1 fully saturated rings. The number of amides is 1. The van der Waals surface area contributed by atoms with E-state index >= 15 is 0 Å². The number of rotatable bonds is 6. The summed E-state index contributed by atoms with van der Waals surface area (Å²) in [6.45, 7) is 9.06. The van der Waals surface area contributed by atoms with Gasteiger partial charge >= 0.3 is 0 Å². The highest BCUT2D eigenvalue weighted by Crippen LogP contribution is 2.45. The van der Waals surface area contributed by atoms with Gasteiger partial charge in [0.25, 0.3) is 5.91 Å². The van der Waals surface area contributed by atoms with Crippen molar-refractivity contribution in [2.45, 2.75) is 33.6 Å². The molecule has 3 aromatic carbocycles. The van der Waals surface area contributed by atoms with Gasteiger partial charge in [-0.1, -0.05) is 51.1 Å². The summed E-state index contributed by atoms with van der Waals surface area (Å²) in [5.41, 5.74) is 12.9. The monoisotopic (exact) mass is 672 g/mol. The molecule has 1 saturated heterocycles. The number of pyridine rings is 1. The SMILES string of the molecule is COc1ccc(/C=C2/CC(C(C)(C)C)Cc3c2nc2ccccc2c3C(=O)N2CCN(c3nc(N)c4cc(OC)c(OC)cc4n3)CC2)cc1. The number of fused-ring (bicyclic) bond motifs is 3. The summed E-state index contributed by atoms with van der Waals surface area (Å²) < 4.78 is 16.3. The molecule has 0 saturated carbocycles. The zero-order valence-electron chi connectivity index (χ0n) is 29.6. The van der Waals surface area contributed by atoms with Crippen LogP contribution in [0.5, 0.6) is 17.2 Å². The zero-order valence-corrected chi connectivity index (χ0v) is 29.6. The van der Waals surface area contributed by atoms with E-state index in [1.54, 1.807) is 27.4 Å². The molecule has 2 N–H and O–H groups in total. The first-order chi connectivity index (χ1) is 24.1. The molecule has 258 valence electrons. The Hall–Kier alpha value is -5.38. The van der Waals surface area contributed by atoms with E-state index in [-0.39, 0.29) is 11.3 Å². The van der Waals surface area contributed by atoms with Crippen molar-refractivity contribution in [2.75, 3.05) is 58.1 Å². The number of ether oxygens (including phenoxy) is 3. The fraction of sp³-hybridized carbons (Fsp3) is 0.350. The standard InChI is InChI=1S/C40H44N6O4/c1-40(2,3)26-20-25(19-24-11-13-27(48-4)14-12-24)36-30(21-26)35(28-9-7-8-10-31(28)42-36)38(47)45-15-17-46(18-16-45)39-43-32-23-34(50-6)33(49-5)22-29(32)37(41)44-39/h7-14,19,22-23,26H,15-18,20-21H2,1-6H3,(H2,41,43,44)/b25-19-. The molecule has 2 aromatic heterocycles. The van der Waals surface area contributed by atoms with Crippen LogP contribution in [0.2, 0.25) is 0 Å². The summed E-state index contributed by atoms with van der Waals surface area (Å²) in [5, 5.41) is 1.59. The van der Waals surface area contributed by atoms with E-state index in [0.717, 1.165) is 57.5 Å². The number of hydrogen-bond donors (Lipinski definition) is 1. The molecule has 2 aliphatic rings. The van der Waals surface area contributed by atoms with E-state index in [0.29, 0.717) is 66.3 Å². The second-order valence-electron chi connectivity index (χ2n) is 14.2. The van der Waals surface area contributed by atoms with Gasteiger partial charge < -0.3 is 29.7 Å². The van der Waals surface area contributed by atoms with E-state index in [4.69, 9.17) is 29.9 Å². The number of benzene rings is 3. The highest BCUT2D eigenvalue weighted by Gasteiger charge is 2.36. The maximum atomic E-state index is 14.7. The normalized spacial score (nSPS) is 17.2. The molecule has 50 heavy (non-hydrogen) atoms. The first-order valence-corrected chi connectivity index (χ1v) is 17.1. The van der Waals surface area contributed by atoms with Gasteiger partial charge in [0.15, 0.2) is 11.5 Å². The predicted octanol–water partition coefficient (Wildman–Crippen LogP) is 6.90. The smallest absolute Gasteiger partial charge is 0.255 e. The zero-order chi connectivity index (χ0) is 35.2. The summed E-state index contributed by atoms with van der Waals surface area (Å²) in [5.74, 6) is 3.22. The molecule has 1 atom stereocenters. The molecule has 10 heteroatoms. The second kappa shape index (κ2) is 13.2. The number of methoxy groups -OCH3 is 3. The number of aromatic nitrogens is 3. The molecule has 1 unspecified atom stereocenters. The van der Waals surface area contributed by atoms with Crippen LogP contribution in [0.1, 0.15) is 54.4 Å². The molecule has 0 bridgehead atoms. The van der Waals surface area contributed by atoms with E-state index in [2.05, 4.69) is 48.9 Å². The minimum absolute atomic E-state index is 0.0329. The van der Waals surface area contributed by atoms with Crippen molar-refractivity contribution in [2.24, 2.45) is 11.3 Å². The Morgan fingerprint density at radius 3 is 2.20 bits per heavy atom. The number of hydrogen-bond acceptors (Lipinski definition) is 9. The van der Waals surface area contributed by atoms with Crippen LogP contribution in [0.15, 0.2) is 60.7 Å². The van der Waals surface area contributed by atoms with Crippen LogP contribution in [0.3, 0.4) is 0 Å². The lowest BCUT2D eigenvalue weighted by molar-refractivity contribution is 0.0746. The fourth-order valence-corrected chi connectivity index (χ4v) is 7.16. The lowest BCUT2D eigenvalue weighted by Gasteiger charge is -2.38. The first-order valence-electron chi connectivity index (χ1n) is 17.1. The molecular weight excluding hydrogens is 628 g/mol. The van der Waals surface area contributed by atoms with Gasteiger partial charge in [-0.05, 0) is 71.2 Å². The number of allylic oxidation sites excluding steroid dienone is 1. The van der Waals surface area contributed by atoms with Crippen molar-refractivity contribution in [3.05, 3.63) is 83.0 Å². The Labute approximate surface area is 292 Å². The van der Waals surface area contributed by atoms with Crippen molar-refractivity contribution in [1.29, 1.82) is 0 Å². The van der Waals surface area contributed by atoms with E-state index in [1.807, 2.05) is 47.4 Å². The minimum atomic E-state index is 0.0329. The quantitative estimate of drug-likeness (QED) is 0.206. The van der Waals surface area contributed by atoms with E-state index in [9.17, 15) is 4.79 Å². The van der Waals surface area contributed by atoms with Crippen molar-refractivity contribution in [3.8, 4) is 17.2 Å². The topological polar surface area (TPSA) is 116 Å². The first kappa shape index (κ1) is 33.1. The molecule has 0 radical (unpaired) electrons. The number of para-hydroxylation sites is 1. The van der Waals surface area contributed by atoms with Crippen molar-refractivity contribution in [1.82, 2.24) is 19.9 Å². The number of carbonyl (C=O) groups excluding carboxylic acids is 1. The van der Waals surface area contributed by atoms with Gasteiger partial charge in [0, 0.05) is 43.0 Å². The number of nitrogens with two attached hydrogens (primary N) is 1. The number of carbonyl (C=O) groups is 1. The third-order valence-corrected chi connectivity index (χ3v) is 10.2. The lowest BCUT2D eigenvalue weighted by atomic mass is 9.68. The third kappa shape index (κ3) is 6.14. The number of anilines is 2. The Kier molecular flexibility index (Phi) is 8.71. The average molecular weight is 673 g/mol. The van der Waals surface area contributed by atoms with Crippen LogP contribution in [0.25, 0.3) is 33.5 Å². The van der Waals surface area contributed by atoms with E-state index < -0.39 is 0 Å². The predicted molar refractivity (Wildman–Crippen MR) is 199 cm³/mol. The molecule has 10 nitrogen and oxygen atoms in total. The maximum Gasteiger partial charge on any atom is 0.255 e. The summed E-state index contributed by atoms with van der Waals surface area (Å²) in [6.07, 6.45) is 3.90. The van der Waals surface area contributed by atoms with Crippen molar-refractivity contribution in [3.63, 3.8) is 0 Å². The number of nitrogens with zero attached hydrogens (tertiary/aromatic N) is 5. The van der Waals surface area contributed by atoms with Gasteiger partial charge in [-0.2, -0.15) is 4.98 Å². The number of nitrogen functional groups attached to an aromatic ring is 1. The molecule has 3 heterocycles. The van der Waals surface area contributed by atoms with Gasteiger partial charge in [0.1, 0.15) is 11.6 Å². The third-order valence-electron chi connectivity index (χ3n) is 10.2. The van der Waals surface area contributed by atoms with Crippen LogP contribution < -0.4 is 24.8 Å². The summed E-state index contributed by atoms with van der Waals surface area (Å²) >= 11 is 0. The fourth-order valence-electron chi connectivity index (χ4n) is 7.16. The molecule has 0 spiro atoms. The molecule has 1 amide bonds. The Morgan fingerprint density at radius 1 is 0.820 bits per heavy atom. The van der Waals surface area contributed by atoms with Gasteiger partial charge in [0.2, 0.25) is 5.95 Å². The van der Waals surface area contributed by atoms with Gasteiger partial charge in [0.05, 0.1) is 43.6 Å². The van der Waals surface area contributed by atoms with Crippen LogP contribution in [0.4, 0.5) is 11.8 Å². The lowest BCUT2D eigenvalue weighted by Crippen LogP contribution is -2.49. The molecular formula is C40H44N6O4. The summed E-state index contributed by atoms with van der Waals surface area (Å²) in [7, 11) is 4.85. The van der Waals surface area contributed by atoms with Crippen LogP contribution in [-0.2, 0) is 6.42 Å². The number of piperazine rings is 1. The average Bonchev–Trinajstić information content (AvgIpc) is 3.13.